The Morgan fingerprint density at radius 3 is 2.84 bits per heavy atom. The molecule has 0 aliphatic rings. The molecule has 0 saturated carbocycles. The first kappa shape index (κ1) is 15.5. The van der Waals surface area contributed by atoms with Gasteiger partial charge in [-0.2, -0.15) is 0 Å². The lowest BCUT2D eigenvalue weighted by Crippen LogP contribution is -2.29. The minimum atomic E-state index is -0.0862. The molecule has 0 saturated heterocycles. The van der Waals surface area contributed by atoms with Crippen molar-refractivity contribution in [1.29, 1.82) is 0 Å². The van der Waals surface area contributed by atoms with Crippen molar-refractivity contribution in [2.24, 2.45) is 5.73 Å². The van der Waals surface area contributed by atoms with E-state index in [-0.39, 0.29) is 18.6 Å². The molecule has 0 spiro atoms. The number of ether oxygens (including phenoxy) is 1. The molecule has 1 rings (SSSR count). The van der Waals surface area contributed by atoms with Gasteiger partial charge in [0.05, 0.1) is 0 Å². The Bertz CT molecular complexity index is 417. The van der Waals surface area contributed by atoms with Crippen LogP contribution in [0, 0.1) is 6.92 Å². The monoisotopic (exact) mass is 264 g/mol. The fraction of sp³-hybridized carbons (Fsp3) is 0.533. The Balaban J connectivity index is 2.68. The fourth-order valence-corrected chi connectivity index (χ4v) is 1.88. The predicted octanol–water partition coefficient (Wildman–Crippen LogP) is 1.79. The first-order valence-corrected chi connectivity index (χ1v) is 6.78. The predicted molar refractivity (Wildman–Crippen MR) is 77.3 cm³/mol. The first-order valence-electron chi connectivity index (χ1n) is 6.78. The number of nitrogens with one attached hydrogen (secondary N) is 1. The van der Waals surface area contributed by atoms with Crippen molar-refractivity contribution < 1.29 is 9.53 Å². The van der Waals surface area contributed by atoms with Crippen LogP contribution in [0.4, 0.5) is 0 Å². The van der Waals surface area contributed by atoms with E-state index in [0.29, 0.717) is 6.54 Å². The van der Waals surface area contributed by atoms with Crippen LogP contribution in [0.1, 0.15) is 31.4 Å². The third-order valence-electron chi connectivity index (χ3n) is 2.76. The number of benzene rings is 1. The topological polar surface area (TPSA) is 64.3 Å². The second-order valence-corrected chi connectivity index (χ2v) is 4.88. The second kappa shape index (κ2) is 7.79. The summed E-state index contributed by atoms with van der Waals surface area (Å²) in [6.45, 7) is 6.69. The molecule has 1 aromatic carbocycles. The third kappa shape index (κ3) is 5.30. The Kier molecular flexibility index (Phi) is 6.36. The SMILES string of the molecule is CCCNC(=O)COc1c(C)cccc1CC(C)N. The molecule has 4 nitrogen and oxygen atoms in total. The summed E-state index contributed by atoms with van der Waals surface area (Å²) in [6.07, 6.45) is 1.67. The van der Waals surface area contributed by atoms with Gasteiger partial charge in [0.2, 0.25) is 0 Å². The molecular formula is C15H24N2O2. The van der Waals surface area contributed by atoms with Crippen molar-refractivity contribution in [3.05, 3.63) is 29.3 Å². The van der Waals surface area contributed by atoms with E-state index >= 15 is 0 Å². The quantitative estimate of drug-likeness (QED) is 0.789. The molecule has 1 unspecified atom stereocenters. The van der Waals surface area contributed by atoms with Gasteiger partial charge in [0.25, 0.3) is 5.91 Å². The van der Waals surface area contributed by atoms with E-state index in [1.165, 1.54) is 0 Å². The van der Waals surface area contributed by atoms with Crippen molar-refractivity contribution in [1.82, 2.24) is 5.32 Å². The highest BCUT2D eigenvalue weighted by molar-refractivity contribution is 5.77. The molecule has 0 fully saturated rings. The molecule has 0 radical (unpaired) electrons. The van der Waals surface area contributed by atoms with Crippen LogP contribution in [0.15, 0.2) is 18.2 Å². The summed E-state index contributed by atoms with van der Waals surface area (Å²) in [7, 11) is 0. The van der Waals surface area contributed by atoms with Crippen molar-refractivity contribution in [2.45, 2.75) is 39.7 Å². The Labute approximate surface area is 115 Å². The Hall–Kier alpha value is -1.55. The maximum absolute atomic E-state index is 11.6. The van der Waals surface area contributed by atoms with E-state index in [0.717, 1.165) is 29.7 Å². The minimum absolute atomic E-state index is 0.0524. The van der Waals surface area contributed by atoms with Gasteiger partial charge < -0.3 is 15.8 Å². The second-order valence-electron chi connectivity index (χ2n) is 4.88. The average molecular weight is 264 g/mol. The molecule has 1 aromatic rings. The maximum atomic E-state index is 11.6. The van der Waals surface area contributed by atoms with Crippen LogP contribution in [0.25, 0.3) is 0 Å². The zero-order valence-electron chi connectivity index (χ0n) is 12.0. The highest BCUT2D eigenvalue weighted by atomic mass is 16.5. The molecule has 1 atom stereocenters. The summed E-state index contributed by atoms with van der Waals surface area (Å²) < 4.78 is 5.66. The normalized spacial score (nSPS) is 12.0. The van der Waals surface area contributed by atoms with Crippen LogP contribution in [-0.4, -0.2) is 25.1 Å². The van der Waals surface area contributed by atoms with Crippen LogP contribution in [0.2, 0.25) is 0 Å². The van der Waals surface area contributed by atoms with Gasteiger partial charge >= 0.3 is 0 Å². The van der Waals surface area contributed by atoms with E-state index < -0.39 is 0 Å². The fourth-order valence-electron chi connectivity index (χ4n) is 1.88. The summed E-state index contributed by atoms with van der Waals surface area (Å²) in [5.74, 6) is 0.697. The number of para-hydroxylation sites is 1. The van der Waals surface area contributed by atoms with Gasteiger partial charge in [-0.1, -0.05) is 25.1 Å². The molecule has 1 amide bonds. The van der Waals surface area contributed by atoms with Crippen molar-refractivity contribution in [3.63, 3.8) is 0 Å². The lowest BCUT2D eigenvalue weighted by atomic mass is 10.0. The van der Waals surface area contributed by atoms with Gasteiger partial charge in [0.1, 0.15) is 5.75 Å². The van der Waals surface area contributed by atoms with Crippen molar-refractivity contribution in [2.75, 3.05) is 13.2 Å². The maximum Gasteiger partial charge on any atom is 0.257 e. The minimum Gasteiger partial charge on any atom is -0.483 e. The van der Waals surface area contributed by atoms with E-state index in [4.69, 9.17) is 10.5 Å². The van der Waals surface area contributed by atoms with E-state index in [1.807, 2.05) is 39.0 Å². The van der Waals surface area contributed by atoms with Crippen LogP contribution in [0.3, 0.4) is 0 Å². The lowest BCUT2D eigenvalue weighted by Gasteiger charge is -2.15. The summed E-state index contributed by atoms with van der Waals surface area (Å²) >= 11 is 0. The van der Waals surface area contributed by atoms with Gasteiger partial charge in [-0.3, -0.25) is 4.79 Å². The highest BCUT2D eigenvalue weighted by Crippen LogP contribution is 2.24. The smallest absolute Gasteiger partial charge is 0.257 e. The average Bonchev–Trinajstić information content (AvgIpc) is 2.35. The van der Waals surface area contributed by atoms with Crippen LogP contribution in [-0.2, 0) is 11.2 Å². The number of carbonyl (C=O) groups excluding carboxylic acids is 1. The number of nitrogens with two attached hydrogens (primary N) is 1. The zero-order chi connectivity index (χ0) is 14.3. The summed E-state index contributed by atoms with van der Waals surface area (Å²) in [6, 6.07) is 6.02. The highest BCUT2D eigenvalue weighted by Gasteiger charge is 2.10. The summed E-state index contributed by atoms with van der Waals surface area (Å²) in [5, 5.41) is 2.79. The standard InChI is InChI=1S/C15H24N2O2/c1-4-8-17-14(18)10-19-15-11(2)6-5-7-13(15)9-12(3)16/h5-7,12H,4,8-10,16H2,1-3H3,(H,17,18). The van der Waals surface area contributed by atoms with Gasteiger partial charge in [-0.25, -0.2) is 0 Å². The van der Waals surface area contributed by atoms with E-state index in [2.05, 4.69) is 5.32 Å². The summed E-state index contributed by atoms with van der Waals surface area (Å²) in [5.41, 5.74) is 7.91. The molecule has 0 aliphatic carbocycles. The molecule has 19 heavy (non-hydrogen) atoms. The number of rotatable bonds is 7. The largest absolute Gasteiger partial charge is 0.483 e. The molecule has 0 bridgehead atoms. The van der Waals surface area contributed by atoms with Crippen molar-refractivity contribution in [3.8, 4) is 5.75 Å². The molecule has 4 heteroatoms. The zero-order valence-corrected chi connectivity index (χ0v) is 12.0. The lowest BCUT2D eigenvalue weighted by molar-refractivity contribution is -0.123. The molecule has 3 N–H and O–H groups in total. The van der Waals surface area contributed by atoms with Gasteiger partial charge in [0, 0.05) is 12.6 Å². The van der Waals surface area contributed by atoms with Gasteiger partial charge in [-0.05, 0) is 37.8 Å². The van der Waals surface area contributed by atoms with Crippen LogP contribution < -0.4 is 15.8 Å². The molecule has 106 valence electrons. The number of amides is 1. The number of aryl methyl sites for hydroxylation is 1. The van der Waals surface area contributed by atoms with E-state index in [1.54, 1.807) is 0 Å². The van der Waals surface area contributed by atoms with Gasteiger partial charge in [-0.15, -0.1) is 0 Å². The van der Waals surface area contributed by atoms with Crippen LogP contribution in [0.5, 0.6) is 5.75 Å². The number of hydrogen-bond acceptors (Lipinski definition) is 3. The number of hydrogen-bond donors (Lipinski definition) is 2. The van der Waals surface area contributed by atoms with Gasteiger partial charge in [0.15, 0.2) is 6.61 Å². The molecular weight excluding hydrogens is 240 g/mol. The molecule has 0 aliphatic heterocycles. The first-order chi connectivity index (χ1) is 9.04. The van der Waals surface area contributed by atoms with E-state index in [9.17, 15) is 4.79 Å². The third-order valence-corrected chi connectivity index (χ3v) is 2.76. The van der Waals surface area contributed by atoms with Crippen molar-refractivity contribution >= 4 is 5.91 Å². The Morgan fingerprint density at radius 1 is 1.47 bits per heavy atom. The molecule has 0 aromatic heterocycles. The summed E-state index contributed by atoms with van der Waals surface area (Å²) in [4.78, 5) is 11.6. The van der Waals surface area contributed by atoms with Crippen LogP contribution >= 0.6 is 0 Å². The number of carbonyl (C=O) groups is 1. The molecule has 0 heterocycles. The Morgan fingerprint density at radius 2 is 2.21 bits per heavy atom.